The fourth-order valence-corrected chi connectivity index (χ4v) is 4.00. The monoisotopic (exact) mass is 406 g/mol. The van der Waals surface area contributed by atoms with E-state index in [1.807, 2.05) is 30.3 Å². The Labute approximate surface area is 172 Å². The van der Waals surface area contributed by atoms with Crippen LogP contribution in [0.1, 0.15) is 24.0 Å². The second kappa shape index (κ2) is 10.0. The van der Waals surface area contributed by atoms with Gasteiger partial charge < -0.3 is 5.11 Å². The van der Waals surface area contributed by atoms with E-state index in [9.17, 15) is 13.5 Å². The Hall–Kier alpha value is -2.89. The van der Waals surface area contributed by atoms with Gasteiger partial charge >= 0.3 is 0 Å². The highest BCUT2D eigenvalue weighted by atomic mass is 32.2. The summed E-state index contributed by atoms with van der Waals surface area (Å²) in [5, 5.41) is 10.2. The summed E-state index contributed by atoms with van der Waals surface area (Å²) in [5.74, 6) is 0. The van der Waals surface area contributed by atoms with Gasteiger partial charge in [-0.1, -0.05) is 66.7 Å². The van der Waals surface area contributed by atoms with Crippen molar-refractivity contribution in [3.63, 3.8) is 0 Å². The molecule has 29 heavy (non-hydrogen) atoms. The summed E-state index contributed by atoms with van der Waals surface area (Å²) in [4.78, 5) is 0.215. The number of benzene rings is 3. The molecule has 3 rings (SSSR count). The predicted octanol–water partition coefficient (Wildman–Crippen LogP) is 4.68. The average molecular weight is 407 g/mol. The van der Waals surface area contributed by atoms with Gasteiger partial charge in [0.15, 0.2) is 0 Å². The number of hydrogen-bond acceptors (Lipinski definition) is 3. The van der Waals surface area contributed by atoms with Crippen LogP contribution >= 0.6 is 0 Å². The van der Waals surface area contributed by atoms with Crippen LogP contribution in [0.15, 0.2) is 89.8 Å². The highest BCUT2D eigenvalue weighted by molar-refractivity contribution is 7.92. The Morgan fingerprint density at radius 1 is 1.00 bits per heavy atom. The van der Waals surface area contributed by atoms with Crippen LogP contribution in [0.3, 0.4) is 0 Å². The normalized spacial score (nSPS) is 12.7. The second-order valence-electron chi connectivity index (χ2n) is 6.75. The van der Waals surface area contributed by atoms with Gasteiger partial charge in [-0.05, 0) is 60.7 Å². The van der Waals surface area contributed by atoms with Crippen LogP contribution in [0.4, 0.5) is 5.69 Å². The zero-order valence-electron chi connectivity index (χ0n) is 16.0. The van der Waals surface area contributed by atoms with Crippen molar-refractivity contribution in [3.8, 4) is 0 Å². The SMILES string of the molecule is O=S(=O)(Nc1cccc(/C=C/[C@H](O)CCCc2[c]cccc2)c1)c1ccccc1. The van der Waals surface area contributed by atoms with Gasteiger partial charge in [0.25, 0.3) is 10.0 Å². The molecule has 1 radical (unpaired) electrons. The third-order valence-electron chi connectivity index (χ3n) is 4.42. The van der Waals surface area contributed by atoms with Gasteiger partial charge in [-0.15, -0.1) is 0 Å². The summed E-state index contributed by atoms with van der Waals surface area (Å²) in [6.07, 6.45) is 5.38. The van der Waals surface area contributed by atoms with Crippen LogP contribution in [-0.4, -0.2) is 19.6 Å². The van der Waals surface area contributed by atoms with E-state index in [1.165, 1.54) is 0 Å². The Kier molecular flexibility index (Phi) is 7.22. The zero-order valence-corrected chi connectivity index (χ0v) is 16.8. The van der Waals surface area contributed by atoms with Crippen LogP contribution in [0.2, 0.25) is 0 Å². The molecule has 0 saturated carbocycles. The summed E-state index contributed by atoms with van der Waals surface area (Å²) < 4.78 is 27.5. The van der Waals surface area contributed by atoms with Crippen molar-refractivity contribution < 1.29 is 13.5 Å². The molecule has 3 aromatic rings. The molecule has 4 nitrogen and oxygen atoms in total. The molecule has 0 spiro atoms. The Morgan fingerprint density at radius 2 is 1.79 bits per heavy atom. The van der Waals surface area contributed by atoms with Gasteiger partial charge in [0.1, 0.15) is 0 Å². The first-order chi connectivity index (χ1) is 14.0. The molecule has 1 atom stereocenters. The molecule has 0 heterocycles. The minimum Gasteiger partial charge on any atom is -0.389 e. The number of rotatable bonds is 9. The third-order valence-corrected chi connectivity index (χ3v) is 5.82. The van der Waals surface area contributed by atoms with Crippen molar-refractivity contribution in [1.29, 1.82) is 0 Å². The Balaban J connectivity index is 1.56. The Bertz CT molecular complexity index is 1030. The molecular formula is C24H24NO3S. The van der Waals surface area contributed by atoms with Gasteiger partial charge in [0.05, 0.1) is 11.0 Å². The van der Waals surface area contributed by atoms with E-state index in [0.717, 1.165) is 24.0 Å². The molecule has 0 unspecified atom stereocenters. The van der Waals surface area contributed by atoms with Crippen LogP contribution < -0.4 is 4.72 Å². The fourth-order valence-electron chi connectivity index (χ4n) is 2.93. The first-order valence-electron chi connectivity index (χ1n) is 9.53. The molecule has 0 bridgehead atoms. The first-order valence-corrected chi connectivity index (χ1v) is 11.0. The number of aryl methyl sites for hydroxylation is 1. The van der Waals surface area contributed by atoms with Crippen molar-refractivity contribution in [2.45, 2.75) is 30.3 Å². The fraction of sp³-hybridized carbons (Fsp3) is 0.167. The van der Waals surface area contributed by atoms with Crippen molar-refractivity contribution in [3.05, 3.63) is 102 Å². The molecule has 0 saturated heterocycles. The molecular weight excluding hydrogens is 382 g/mol. The van der Waals surface area contributed by atoms with Gasteiger partial charge in [-0.3, -0.25) is 4.72 Å². The van der Waals surface area contributed by atoms with E-state index in [2.05, 4.69) is 10.8 Å². The van der Waals surface area contributed by atoms with Crippen molar-refractivity contribution >= 4 is 21.8 Å². The largest absolute Gasteiger partial charge is 0.389 e. The number of aliphatic hydroxyl groups is 1. The van der Waals surface area contributed by atoms with Crippen LogP contribution in [-0.2, 0) is 16.4 Å². The van der Waals surface area contributed by atoms with E-state index >= 15 is 0 Å². The highest BCUT2D eigenvalue weighted by Gasteiger charge is 2.13. The smallest absolute Gasteiger partial charge is 0.261 e. The quantitative estimate of drug-likeness (QED) is 0.542. The molecule has 0 amide bonds. The predicted molar refractivity (Wildman–Crippen MR) is 117 cm³/mol. The van der Waals surface area contributed by atoms with Gasteiger partial charge in [0.2, 0.25) is 0 Å². The van der Waals surface area contributed by atoms with Crippen molar-refractivity contribution in [2.75, 3.05) is 4.72 Å². The van der Waals surface area contributed by atoms with E-state index in [4.69, 9.17) is 0 Å². The molecule has 0 aliphatic heterocycles. The number of hydrogen-bond donors (Lipinski definition) is 2. The van der Waals surface area contributed by atoms with E-state index in [0.29, 0.717) is 12.1 Å². The number of aliphatic hydroxyl groups excluding tert-OH is 1. The van der Waals surface area contributed by atoms with E-state index in [1.54, 1.807) is 60.7 Å². The molecule has 149 valence electrons. The topological polar surface area (TPSA) is 66.4 Å². The lowest BCUT2D eigenvalue weighted by Crippen LogP contribution is -2.12. The lowest BCUT2D eigenvalue weighted by molar-refractivity contribution is 0.210. The minimum atomic E-state index is -3.63. The maximum Gasteiger partial charge on any atom is 0.261 e. The summed E-state index contributed by atoms with van der Waals surface area (Å²) in [7, 11) is -3.63. The molecule has 0 aliphatic rings. The molecule has 5 heteroatoms. The Morgan fingerprint density at radius 3 is 2.55 bits per heavy atom. The molecule has 0 fully saturated rings. The lowest BCUT2D eigenvalue weighted by atomic mass is 10.1. The minimum absolute atomic E-state index is 0.215. The zero-order chi connectivity index (χ0) is 20.5. The summed E-state index contributed by atoms with van der Waals surface area (Å²) >= 11 is 0. The van der Waals surface area contributed by atoms with Gasteiger partial charge in [0, 0.05) is 5.69 Å². The highest BCUT2D eigenvalue weighted by Crippen LogP contribution is 2.18. The van der Waals surface area contributed by atoms with Gasteiger partial charge in [-0.2, -0.15) is 0 Å². The van der Waals surface area contributed by atoms with E-state index in [-0.39, 0.29) is 4.90 Å². The summed E-state index contributed by atoms with van der Waals surface area (Å²) in [5.41, 5.74) is 2.43. The molecule has 3 aromatic carbocycles. The van der Waals surface area contributed by atoms with Crippen LogP contribution in [0, 0.1) is 6.07 Å². The maximum absolute atomic E-state index is 12.4. The standard InChI is InChI=1S/C24H24NO3S/c26-23(14-8-11-20-9-3-1-4-10-20)18-17-21-12-7-13-22(19-21)25-29(27,28)24-15-5-2-6-16-24/h1-7,9,12-13,15-19,23,25-26H,8,11,14H2/b18-17+/t23-/m1/s1. The summed E-state index contributed by atoms with van der Waals surface area (Å²) in [6.45, 7) is 0. The molecule has 2 N–H and O–H groups in total. The number of sulfonamides is 1. The lowest BCUT2D eigenvalue weighted by Gasteiger charge is -2.09. The van der Waals surface area contributed by atoms with E-state index < -0.39 is 16.1 Å². The second-order valence-corrected chi connectivity index (χ2v) is 8.43. The summed E-state index contributed by atoms with van der Waals surface area (Å²) in [6, 6.07) is 26.4. The molecule has 0 aromatic heterocycles. The number of nitrogens with one attached hydrogen (secondary N) is 1. The van der Waals surface area contributed by atoms with Crippen LogP contribution in [0.5, 0.6) is 0 Å². The average Bonchev–Trinajstić information content (AvgIpc) is 2.74. The van der Waals surface area contributed by atoms with Gasteiger partial charge in [-0.25, -0.2) is 8.42 Å². The third kappa shape index (κ3) is 6.59. The maximum atomic E-state index is 12.4. The van der Waals surface area contributed by atoms with Crippen LogP contribution in [0.25, 0.3) is 6.08 Å². The van der Waals surface area contributed by atoms with Crippen molar-refractivity contribution in [1.82, 2.24) is 0 Å². The molecule has 0 aliphatic carbocycles. The van der Waals surface area contributed by atoms with Crippen molar-refractivity contribution in [2.24, 2.45) is 0 Å². The first kappa shape index (κ1) is 20.8. The number of anilines is 1.